The van der Waals surface area contributed by atoms with Crippen molar-refractivity contribution in [2.75, 3.05) is 13.6 Å². The molecule has 4 heteroatoms. The van der Waals surface area contributed by atoms with E-state index < -0.39 is 0 Å². The third-order valence-corrected chi connectivity index (χ3v) is 2.53. The highest BCUT2D eigenvalue weighted by molar-refractivity contribution is 5.55. The molecule has 0 aromatic carbocycles. The normalized spacial score (nSPS) is 10.9. The van der Waals surface area contributed by atoms with E-state index in [1.807, 2.05) is 26.1 Å². The van der Waals surface area contributed by atoms with Crippen molar-refractivity contribution < 1.29 is 4.42 Å². The minimum atomic E-state index is 0.827. The quantitative estimate of drug-likeness (QED) is 0.757. The van der Waals surface area contributed by atoms with E-state index in [1.165, 1.54) is 0 Å². The van der Waals surface area contributed by atoms with Crippen molar-refractivity contribution in [2.24, 2.45) is 0 Å². The van der Waals surface area contributed by atoms with Crippen LogP contribution < -0.4 is 5.32 Å². The Balaban J connectivity index is 2.10. The molecular weight excluding hydrogens is 202 g/mol. The molecule has 16 heavy (non-hydrogen) atoms. The number of furan rings is 1. The maximum Gasteiger partial charge on any atom is 0.154 e. The predicted octanol–water partition coefficient (Wildman–Crippen LogP) is 2.13. The van der Waals surface area contributed by atoms with Gasteiger partial charge in [-0.1, -0.05) is 0 Å². The van der Waals surface area contributed by atoms with Crippen LogP contribution in [0.5, 0.6) is 0 Å². The molecule has 0 radical (unpaired) electrons. The van der Waals surface area contributed by atoms with Gasteiger partial charge in [0.2, 0.25) is 0 Å². The van der Waals surface area contributed by atoms with Crippen LogP contribution in [-0.4, -0.2) is 23.6 Å². The summed E-state index contributed by atoms with van der Waals surface area (Å²) in [7, 11) is 1.96. The number of H-pyrrole nitrogens is 1. The first kappa shape index (κ1) is 11.0. The third-order valence-electron chi connectivity index (χ3n) is 2.53. The number of hydrogen-bond acceptors (Lipinski definition) is 3. The molecule has 2 N–H and O–H groups in total. The van der Waals surface area contributed by atoms with E-state index in [0.29, 0.717) is 0 Å². The summed E-state index contributed by atoms with van der Waals surface area (Å²) in [6.45, 7) is 3.03. The molecule has 86 valence electrons. The first-order valence-electron chi connectivity index (χ1n) is 5.55. The van der Waals surface area contributed by atoms with Gasteiger partial charge in [-0.05, 0) is 39.1 Å². The van der Waals surface area contributed by atoms with Gasteiger partial charge in [0.25, 0.3) is 0 Å². The van der Waals surface area contributed by atoms with E-state index in [4.69, 9.17) is 4.42 Å². The lowest BCUT2D eigenvalue weighted by atomic mass is 10.3. The second-order valence-electron chi connectivity index (χ2n) is 3.84. The number of imidazole rings is 1. The molecule has 2 rings (SSSR count). The van der Waals surface area contributed by atoms with Crippen LogP contribution >= 0.6 is 0 Å². The Morgan fingerprint density at radius 1 is 1.50 bits per heavy atom. The zero-order valence-corrected chi connectivity index (χ0v) is 9.71. The van der Waals surface area contributed by atoms with Gasteiger partial charge in [0.05, 0.1) is 6.26 Å². The third kappa shape index (κ3) is 2.33. The number of aromatic amines is 1. The van der Waals surface area contributed by atoms with Gasteiger partial charge in [0, 0.05) is 12.1 Å². The molecule has 2 heterocycles. The summed E-state index contributed by atoms with van der Waals surface area (Å²) in [5, 5.41) is 3.13. The van der Waals surface area contributed by atoms with Crippen LogP contribution in [0, 0.1) is 6.92 Å². The van der Waals surface area contributed by atoms with Crippen molar-refractivity contribution in [1.82, 2.24) is 15.3 Å². The summed E-state index contributed by atoms with van der Waals surface area (Å²) in [5.41, 5.74) is 1.99. The lowest BCUT2D eigenvalue weighted by Gasteiger charge is -1.95. The number of aromatic nitrogens is 2. The molecule has 0 saturated carbocycles. The summed E-state index contributed by atoms with van der Waals surface area (Å²) in [4.78, 5) is 7.84. The van der Waals surface area contributed by atoms with Crippen LogP contribution in [0.15, 0.2) is 22.8 Å². The zero-order valence-electron chi connectivity index (χ0n) is 9.71. The fourth-order valence-electron chi connectivity index (χ4n) is 1.73. The summed E-state index contributed by atoms with van der Waals surface area (Å²) in [5.74, 6) is 1.85. The highest BCUT2D eigenvalue weighted by atomic mass is 16.3. The smallest absolute Gasteiger partial charge is 0.154 e. The molecule has 0 bridgehead atoms. The van der Waals surface area contributed by atoms with Crippen LogP contribution in [0.1, 0.15) is 17.9 Å². The molecule has 0 spiro atoms. The van der Waals surface area contributed by atoms with Gasteiger partial charge in [0.1, 0.15) is 11.5 Å². The van der Waals surface area contributed by atoms with Crippen LogP contribution in [0.2, 0.25) is 0 Å². The molecule has 0 aliphatic rings. The SMILES string of the molecule is CNCCCc1nc(-c2ccco2)c(C)[nH]1. The average Bonchev–Trinajstić information content (AvgIpc) is 2.87. The maximum atomic E-state index is 5.34. The summed E-state index contributed by atoms with van der Waals surface area (Å²) >= 11 is 0. The Labute approximate surface area is 95.1 Å². The van der Waals surface area contributed by atoms with Crippen molar-refractivity contribution in [3.8, 4) is 11.5 Å². The van der Waals surface area contributed by atoms with Gasteiger partial charge in [0.15, 0.2) is 5.76 Å². The highest BCUT2D eigenvalue weighted by Gasteiger charge is 2.10. The van der Waals surface area contributed by atoms with Crippen LogP contribution in [0.4, 0.5) is 0 Å². The minimum absolute atomic E-state index is 0.827. The predicted molar refractivity (Wildman–Crippen MR) is 63.3 cm³/mol. The monoisotopic (exact) mass is 219 g/mol. The molecule has 0 saturated heterocycles. The van der Waals surface area contributed by atoms with E-state index in [-0.39, 0.29) is 0 Å². The molecule has 0 aliphatic carbocycles. The Morgan fingerprint density at radius 3 is 3.06 bits per heavy atom. The Bertz CT molecular complexity index is 431. The Kier molecular flexibility index (Phi) is 3.41. The molecule has 4 nitrogen and oxygen atoms in total. The summed E-state index contributed by atoms with van der Waals surface area (Å²) in [6.07, 6.45) is 3.72. The first-order chi connectivity index (χ1) is 7.81. The van der Waals surface area contributed by atoms with E-state index >= 15 is 0 Å². The lowest BCUT2D eigenvalue weighted by molar-refractivity contribution is 0.579. The minimum Gasteiger partial charge on any atom is -0.463 e. The van der Waals surface area contributed by atoms with Crippen molar-refractivity contribution in [3.05, 3.63) is 29.9 Å². The number of aryl methyl sites for hydroxylation is 2. The average molecular weight is 219 g/mol. The van der Waals surface area contributed by atoms with Gasteiger partial charge >= 0.3 is 0 Å². The fraction of sp³-hybridized carbons (Fsp3) is 0.417. The number of nitrogens with one attached hydrogen (secondary N) is 2. The molecule has 0 aliphatic heterocycles. The van der Waals surface area contributed by atoms with Gasteiger partial charge in [-0.3, -0.25) is 0 Å². The number of nitrogens with zero attached hydrogens (tertiary/aromatic N) is 1. The van der Waals surface area contributed by atoms with Gasteiger partial charge in [-0.25, -0.2) is 4.98 Å². The molecule has 2 aromatic heterocycles. The molecule has 0 amide bonds. The van der Waals surface area contributed by atoms with Gasteiger partial charge in [-0.2, -0.15) is 0 Å². The van der Waals surface area contributed by atoms with Crippen molar-refractivity contribution in [2.45, 2.75) is 19.8 Å². The Morgan fingerprint density at radius 2 is 2.38 bits per heavy atom. The molecule has 0 atom stereocenters. The molecule has 2 aromatic rings. The summed E-state index contributed by atoms with van der Waals surface area (Å²) in [6, 6.07) is 3.81. The van der Waals surface area contributed by atoms with E-state index in [2.05, 4.69) is 15.3 Å². The second-order valence-corrected chi connectivity index (χ2v) is 3.84. The largest absolute Gasteiger partial charge is 0.463 e. The molecular formula is C12H17N3O. The van der Waals surface area contributed by atoms with E-state index in [1.54, 1.807) is 6.26 Å². The van der Waals surface area contributed by atoms with Gasteiger partial charge in [-0.15, -0.1) is 0 Å². The second kappa shape index (κ2) is 4.99. The van der Waals surface area contributed by atoms with Crippen LogP contribution in [-0.2, 0) is 6.42 Å². The highest BCUT2D eigenvalue weighted by Crippen LogP contribution is 2.21. The maximum absolute atomic E-state index is 5.34. The van der Waals surface area contributed by atoms with Crippen LogP contribution in [0.3, 0.4) is 0 Å². The number of hydrogen-bond donors (Lipinski definition) is 2. The number of rotatable bonds is 5. The standard InChI is InChI=1S/C12H17N3O/c1-9-12(10-5-4-8-16-10)15-11(14-9)6-3-7-13-2/h4-5,8,13H,3,6-7H2,1-2H3,(H,14,15). The topological polar surface area (TPSA) is 53.9 Å². The van der Waals surface area contributed by atoms with Crippen LogP contribution in [0.25, 0.3) is 11.5 Å². The van der Waals surface area contributed by atoms with Gasteiger partial charge < -0.3 is 14.7 Å². The fourth-order valence-corrected chi connectivity index (χ4v) is 1.73. The molecule has 0 unspecified atom stereocenters. The zero-order chi connectivity index (χ0) is 11.4. The molecule has 0 fully saturated rings. The first-order valence-corrected chi connectivity index (χ1v) is 5.55. The lowest BCUT2D eigenvalue weighted by Crippen LogP contribution is -2.08. The Hall–Kier alpha value is -1.55. The van der Waals surface area contributed by atoms with Crippen molar-refractivity contribution in [1.29, 1.82) is 0 Å². The van der Waals surface area contributed by atoms with Crippen molar-refractivity contribution >= 4 is 0 Å². The van der Waals surface area contributed by atoms with Crippen molar-refractivity contribution in [3.63, 3.8) is 0 Å². The van der Waals surface area contributed by atoms with E-state index in [9.17, 15) is 0 Å². The summed E-state index contributed by atoms with van der Waals surface area (Å²) < 4.78 is 5.34. The van der Waals surface area contributed by atoms with E-state index in [0.717, 1.165) is 42.4 Å².